The Bertz CT molecular complexity index is 538. The summed E-state index contributed by atoms with van der Waals surface area (Å²) in [7, 11) is 0. The molecule has 0 aromatic heterocycles. The maximum absolute atomic E-state index is 11.5. The van der Waals surface area contributed by atoms with E-state index in [9.17, 15) is 14.8 Å². The van der Waals surface area contributed by atoms with Gasteiger partial charge in [0.05, 0.1) is 11.4 Å². The largest absolute Gasteiger partial charge is 0.345 e. The topological polar surface area (TPSA) is 76.1 Å². The molecule has 1 fully saturated rings. The van der Waals surface area contributed by atoms with Gasteiger partial charge < -0.3 is 15.1 Å². The van der Waals surface area contributed by atoms with Crippen molar-refractivity contribution < 1.29 is 14.8 Å². The standard InChI is InChI=1S/C13H16N4O3/c18-12-4-3-10-11(17(12)20)2-1-6-15(10)8-9-16-7-5-14-13(16)19/h1-3,6,20H,4-5,7-9H2,(H,14,19). The van der Waals surface area contributed by atoms with Crippen molar-refractivity contribution in [2.45, 2.75) is 6.42 Å². The van der Waals surface area contributed by atoms with Gasteiger partial charge in [-0.2, -0.15) is 5.06 Å². The zero-order valence-electron chi connectivity index (χ0n) is 11.0. The molecule has 0 bridgehead atoms. The van der Waals surface area contributed by atoms with Crippen molar-refractivity contribution in [1.29, 1.82) is 0 Å². The second-order valence-electron chi connectivity index (χ2n) is 4.80. The predicted octanol–water partition coefficient (Wildman–Crippen LogP) is 0.230. The number of fused-ring (bicyclic) bond motifs is 1. The third-order valence-electron chi connectivity index (χ3n) is 3.58. The molecular formula is C13H16N4O3. The van der Waals surface area contributed by atoms with Crippen LogP contribution in [0.3, 0.4) is 0 Å². The fourth-order valence-electron chi connectivity index (χ4n) is 2.50. The minimum atomic E-state index is -0.339. The van der Waals surface area contributed by atoms with Gasteiger partial charge in [0.25, 0.3) is 5.91 Å². The van der Waals surface area contributed by atoms with Gasteiger partial charge in [-0.05, 0) is 18.2 Å². The van der Waals surface area contributed by atoms with Crippen LogP contribution in [0.5, 0.6) is 0 Å². The molecule has 0 aromatic carbocycles. The Labute approximate surface area is 116 Å². The Hall–Kier alpha value is -2.28. The minimum absolute atomic E-state index is 0.0432. The van der Waals surface area contributed by atoms with Gasteiger partial charge >= 0.3 is 6.03 Å². The first kappa shape index (κ1) is 12.7. The van der Waals surface area contributed by atoms with Crippen LogP contribution >= 0.6 is 0 Å². The van der Waals surface area contributed by atoms with E-state index in [-0.39, 0.29) is 18.4 Å². The summed E-state index contributed by atoms with van der Waals surface area (Å²) < 4.78 is 0. The molecule has 3 heterocycles. The smallest absolute Gasteiger partial charge is 0.317 e. The second kappa shape index (κ2) is 5.01. The lowest BCUT2D eigenvalue weighted by atomic mass is 10.1. The summed E-state index contributed by atoms with van der Waals surface area (Å²) in [5, 5.41) is 13.2. The molecule has 7 nitrogen and oxygen atoms in total. The number of hydroxylamine groups is 2. The van der Waals surface area contributed by atoms with Crippen molar-refractivity contribution in [1.82, 2.24) is 20.2 Å². The molecule has 0 saturated carbocycles. The van der Waals surface area contributed by atoms with Crippen LogP contribution < -0.4 is 5.32 Å². The Kier molecular flexibility index (Phi) is 3.19. The lowest BCUT2D eigenvalue weighted by Crippen LogP contribution is -2.39. The van der Waals surface area contributed by atoms with E-state index in [1.54, 1.807) is 23.1 Å². The number of carbonyl (C=O) groups is 2. The van der Waals surface area contributed by atoms with Crippen LogP contribution in [0, 0.1) is 0 Å². The van der Waals surface area contributed by atoms with E-state index in [0.717, 1.165) is 5.70 Å². The van der Waals surface area contributed by atoms with Gasteiger partial charge in [-0.3, -0.25) is 10.0 Å². The van der Waals surface area contributed by atoms with E-state index in [0.29, 0.717) is 36.9 Å². The highest BCUT2D eigenvalue weighted by atomic mass is 16.5. The normalized spacial score (nSPS) is 21.8. The molecule has 3 rings (SSSR count). The SMILES string of the molecule is O=C1NCCN1CCN1C=CC=C2C1=CCC(=O)N2O. The number of rotatable bonds is 3. The number of nitrogens with one attached hydrogen (secondary N) is 1. The molecule has 3 aliphatic rings. The molecule has 0 unspecified atom stereocenters. The summed E-state index contributed by atoms with van der Waals surface area (Å²) >= 11 is 0. The van der Waals surface area contributed by atoms with E-state index in [1.807, 2.05) is 11.1 Å². The van der Waals surface area contributed by atoms with Crippen molar-refractivity contribution in [2.75, 3.05) is 26.2 Å². The van der Waals surface area contributed by atoms with Crippen molar-refractivity contribution in [2.24, 2.45) is 0 Å². The zero-order valence-corrected chi connectivity index (χ0v) is 11.0. The molecule has 2 N–H and O–H groups in total. The van der Waals surface area contributed by atoms with Gasteiger partial charge in [0, 0.05) is 38.8 Å². The van der Waals surface area contributed by atoms with E-state index in [4.69, 9.17) is 0 Å². The summed E-state index contributed by atoms with van der Waals surface area (Å²) in [5.74, 6) is -0.339. The predicted molar refractivity (Wildman–Crippen MR) is 70.2 cm³/mol. The highest BCUT2D eigenvalue weighted by Crippen LogP contribution is 2.27. The second-order valence-corrected chi connectivity index (χ2v) is 4.80. The van der Waals surface area contributed by atoms with Crippen molar-refractivity contribution in [3.05, 3.63) is 35.8 Å². The first-order valence-electron chi connectivity index (χ1n) is 6.57. The fraction of sp³-hybridized carbons (Fsp3) is 0.385. The number of amides is 3. The summed E-state index contributed by atoms with van der Waals surface area (Å²) in [6.07, 6.45) is 7.33. The Morgan fingerprint density at radius 2 is 2.10 bits per heavy atom. The number of urea groups is 1. The number of carbonyl (C=O) groups excluding carboxylic acids is 2. The van der Waals surface area contributed by atoms with Crippen LogP contribution in [0.1, 0.15) is 6.42 Å². The number of nitrogens with zero attached hydrogens (tertiary/aromatic N) is 3. The summed E-state index contributed by atoms with van der Waals surface area (Å²) in [6.45, 7) is 2.61. The van der Waals surface area contributed by atoms with Gasteiger partial charge in [0.2, 0.25) is 0 Å². The average molecular weight is 276 g/mol. The van der Waals surface area contributed by atoms with Gasteiger partial charge in [-0.15, -0.1) is 0 Å². The molecule has 7 heteroatoms. The highest BCUT2D eigenvalue weighted by Gasteiger charge is 2.28. The van der Waals surface area contributed by atoms with Gasteiger partial charge in [0.15, 0.2) is 0 Å². The van der Waals surface area contributed by atoms with Crippen molar-refractivity contribution >= 4 is 11.9 Å². The molecule has 0 spiro atoms. The lowest BCUT2D eigenvalue weighted by Gasteiger charge is -2.34. The third kappa shape index (κ3) is 2.16. The van der Waals surface area contributed by atoms with Crippen LogP contribution in [-0.2, 0) is 4.79 Å². The Morgan fingerprint density at radius 1 is 1.25 bits per heavy atom. The minimum Gasteiger partial charge on any atom is -0.345 e. The molecule has 0 radical (unpaired) electrons. The quantitative estimate of drug-likeness (QED) is 0.724. The lowest BCUT2D eigenvalue weighted by molar-refractivity contribution is -0.156. The maximum Gasteiger partial charge on any atom is 0.317 e. The molecule has 3 aliphatic heterocycles. The van der Waals surface area contributed by atoms with Gasteiger partial charge in [-0.1, -0.05) is 0 Å². The molecular weight excluding hydrogens is 260 g/mol. The molecule has 0 aromatic rings. The van der Waals surface area contributed by atoms with Crippen LogP contribution in [0.4, 0.5) is 4.79 Å². The van der Waals surface area contributed by atoms with Crippen LogP contribution in [-0.4, -0.2) is 58.2 Å². The van der Waals surface area contributed by atoms with E-state index < -0.39 is 0 Å². The monoisotopic (exact) mass is 276 g/mol. The average Bonchev–Trinajstić information content (AvgIpc) is 2.86. The molecule has 3 amide bonds. The van der Waals surface area contributed by atoms with E-state index in [2.05, 4.69) is 5.32 Å². The van der Waals surface area contributed by atoms with Crippen molar-refractivity contribution in [3.8, 4) is 0 Å². The highest BCUT2D eigenvalue weighted by molar-refractivity contribution is 5.81. The Balaban J connectivity index is 1.69. The molecule has 0 aliphatic carbocycles. The molecule has 20 heavy (non-hydrogen) atoms. The molecule has 1 saturated heterocycles. The van der Waals surface area contributed by atoms with Gasteiger partial charge in [0.1, 0.15) is 0 Å². The van der Waals surface area contributed by atoms with Gasteiger partial charge in [-0.25, -0.2) is 4.79 Å². The first-order chi connectivity index (χ1) is 9.66. The van der Waals surface area contributed by atoms with Crippen molar-refractivity contribution in [3.63, 3.8) is 0 Å². The van der Waals surface area contributed by atoms with Crippen LogP contribution in [0.15, 0.2) is 35.8 Å². The van der Waals surface area contributed by atoms with Crippen LogP contribution in [0.2, 0.25) is 0 Å². The molecule has 0 atom stereocenters. The summed E-state index contributed by atoms with van der Waals surface area (Å²) in [4.78, 5) is 26.6. The van der Waals surface area contributed by atoms with E-state index in [1.165, 1.54) is 0 Å². The van der Waals surface area contributed by atoms with Crippen LogP contribution in [0.25, 0.3) is 0 Å². The zero-order chi connectivity index (χ0) is 14.1. The summed E-state index contributed by atoms with van der Waals surface area (Å²) in [6, 6.07) is -0.0432. The number of allylic oxidation sites excluding steroid dienone is 2. The fourth-order valence-corrected chi connectivity index (χ4v) is 2.50. The van der Waals surface area contributed by atoms with E-state index >= 15 is 0 Å². The molecule has 106 valence electrons. The first-order valence-corrected chi connectivity index (χ1v) is 6.57. The maximum atomic E-state index is 11.5. The number of hydrogen-bond acceptors (Lipinski definition) is 4. The Morgan fingerprint density at radius 3 is 2.85 bits per heavy atom. The third-order valence-corrected chi connectivity index (χ3v) is 3.58. The number of hydrogen-bond donors (Lipinski definition) is 2. The summed E-state index contributed by atoms with van der Waals surface area (Å²) in [5.41, 5.74) is 1.28.